The molecule has 0 aromatic heterocycles. The Kier molecular flexibility index (Phi) is 5.65. The van der Waals surface area contributed by atoms with E-state index in [1.54, 1.807) is 0 Å². The van der Waals surface area contributed by atoms with Gasteiger partial charge in [-0.1, -0.05) is 11.6 Å². The van der Waals surface area contributed by atoms with Gasteiger partial charge in [0.15, 0.2) is 6.10 Å². The summed E-state index contributed by atoms with van der Waals surface area (Å²) in [6.45, 7) is 2.96. The summed E-state index contributed by atoms with van der Waals surface area (Å²) in [4.78, 5) is 48.1. The second-order valence-corrected chi connectivity index (χ2v) is 10.1. The molecule has 4 bridgehead atoms. The van der Waals surface area contributed by atoms with Gasteiger partial charge in [0.05, 0.1) is 21.0 Å². The molecule has 0 radical (unpaired) electrons. The fourth-order valence-electron chi connectivity index (χ4n) is 6.32. The zero-order valence-electron chi connectivity index (χ0n) is 18.0. The number of benzene rings is 1. The van der Waals surface area contributed by atoms with Crippen molar-refractivity contribution in [2.45, 2.75) is 64.0 Å². The second kappa shape index (κ2) is 8.03. The zero-order chi connectivity index (χ0) is 23.3. The Hall–Kier alpha value is -2.68. The number of non-ortho nitro benzene ring substituents is 1. The molecule has 4 aliphatic carbocycles. The number of nitro benzene ring substituents is 1. The summed E-state index contributed by atoms with van der Waals surface area (Å²) >= 11 is 6.04. The molecule has 2 amide bonds. The van der Waals surface area contributed by atoms with Gasteiger partial charge < -0.3 is 15.4 Å². The number of carbonyl (C=O) groups excluding carboxylic acids is 3. The summed E-state index contributed by atoms with van der Waals surface area (Å²) in [7, 11) is 0. The minimum Gasteiger partial charge on any atom is -0.452 e. The van der Waals surface area contributed by atoms with E-state index in [9.17, 15) is 24.5 Å². The highest BCUT2D eigenvalue weighted by Crippen LogP contribution is 2.62. The molecule has 4 aliphatic rings. The number of hydrogen-bond acceptors (Lipinski definition) is 6. The Balaban J connectivity index is 1.46. The molecule has 172 valence electrons. The maximum atomic E-state index is 13.3. The van der Waals surface area contributed by atoms with Crippen LogP contribution in [0.5, 0.6) is 0 Å². The van der Waals surface area contributed by atoms with Crippen LogP contribution in [0.25, 0.3) is 0 Å². The van der Waals surface area contributed by atoms with E-state index in [0.29, 0.717) is 31.1 Å². The van der Waals surface area contributed by atoms with E-state index in [0.717, 1.165) is 25.3 Å². The fourth-order valence-corrected chi connectivity index (χ4v) is 6.48. The van der Waals surface area contributed by atoms with E-state index in [2.05, 4.69) is 10.6 Å². The highest BCUT2D eigenvalue weighted by molar-refractivity contribution is 6.33. The standard InChI is InChI=1S/C22H26ClN3O6/c1-12(19(28)24-18-6-16(26(30)31)3-4-17(18)23)32-20(29)21-7-14-5-15(8-21)10-22(9-14,11-21)25-13(2)27/h3-4,6,12,14-15H,5,7-11H2,1-2H3,(H,24,28)(H,25,27)/t12-,14-,15+,21?,22?/m1/s1. The molecule has 2 N–H and O–H groups in total. The molecule has 0 saturated heterocycles. The fraction of sp³-hybridized carbons (Fsp3) is 0.591. The maximum absolute atomic E-state index is 13.3. The summed E-state index contributed by atoms with van der Waals surface area (Å²) in [5.41, 5.74) is -1.22. The quantitative estimate of drug-likeness (QED) is 0.377. The lowest BCUT2D eigenvalue weighted by molar-refractivity contribution is -0.384. The van der Waals surface area contributed by atoms with Crippen LogP contribution in [0.15, 0.2) is 18.2 Å². The van der Waals surface area contributed by atoms with Crippen LogP contribution in [0, 0.1) is 27.4 Å². The first-order valence-corrected chi connectivity index (χ1v) is 11.1. The Labute approximate surface area is 190 Å². The zero-order valence-corrected chi connectivity index (χ0v) is 18.7. The van der Waals surface area contributed by atoms with Crippen molar-refractivity contribution in [1.82, 2.24) is 5.32 Å². The van der Waals surface area contributed by atoms with Crippen molar-refractivity contribution in [3.8, 4) is 0 Å². The van der Waals surface area contributed by atoms with Crippen LogP contribution in [0.1, 0.15) is 52.4 Å². The van der Waals surface area contributed by atoms with Gasteiger partial charge in [0.2, 0.25) is 5.91 Å². The van der Waals surface area contributed by atoms with E-state index in [1.807, 2.05) is 0 Å². The largest absolute Gasteiger partial charge is 0.452 e. The number of rotatable bonds is 6. The monoisotopic (exact) mass is 463 g/mol. The van der Waals surface area contributed by atoms with Crippen LogP contribution >= 0.6 is 11.6 Å². The number of esters is 1. The molecule has 10 heteroatoms. The number of ether oxygens (including phenoxy) is 1. The van der Waals surface area contributed by atoms with Crippen LogP contribution in [0.4, 0.5) is 11.4 Å². The third kappa shape index (κ3) is 4.18. The third-order valence-electron chi connectivity index (χ3n) is 7.01. The van der Waals surface area contributed by atoms with Crippen molar-refractivity contribution in [1.29, 1.82) is 0 Å². The van der Waals surface area contributed by atoms with E-state index in [1.165, 1.54) is 26.0 Å². The van der Waals surface area contributed by atoms with E-state index in [-0.39, 0.29) is 27.8 Å². The van der Waals surface area contributed by atoms with Crippen LogP contribution in [0.2, 0.25) is 5.02 Å². The first kappa shape index (κ1) is 22.5. The van der Waals surface area contributed by atoms with Crippen molar-refractivity contribution < 1.29 is 24.0 Å². The van der Waals surface area contributed by atoms with Crippen molar-refractivity contribution in [2.24, 2.45) is 17.3 Å². The van der Waals surface area contributed by atoms with Gasteiger partial charge in [-0.25, -0.2) is 0 Å². The number of carbonyl (C=O) groups is 3. The van der Waals surface area contributed by atoms with Crippen LogP contribution in [0.3, 0.4) is 0 Å². The van der Waals surface area contributed by atoms with Gasteiger partial charge in [-0.2, -0.15) is 0 Å². The third-order valence-corrected chi connectivity index (χ3v) is 7.34. The molecular weight excluding hydrogens is 438 g/mol. The van der Waals surface area contributed by atoms with Crippen LogP contribution < -0.4 is 10.6 Å². The highest BCUT2D eigenvalue weighted by atomic mass is 35.5. The smallest absolute Gasteiger partial charge is 0.312 e. The molecule has 9 nitrogen and oxygen atoms in total. The Morgan fingerprint density at radius 1 is 1.22 bits per heavy atom. The first-order valence-electron chi connectivity index (χ1n) is 10.8. The second-order valence-electron chi connectivity index (χ2n) is 9.66. The molecule has 2 unspecified atom stereocenters. The van der Waals surface area contributed by atoms with E-state index >= 15 is 0 Å². The molecule has 1 aromatic rings. The lowest BCUT2D eigenvalue weighted by Gasteiger charge is -2.60. The van der Waals surface area contributed by atoms with Gasteiger partial charge in [-0.15, -0.1) is 0 Å². The van der Waals surface area contributed by atoms with E-state index in [4.69, 9.17) is 16.3 Å². The van der Waals surface area contributed by atoms with Crippen molar-refractivity contribution in [3.63, 3.8) is 0 Å². The first-order chi connectivity index (χ1) is 15.0. The van der Waals surface area contributed by atoms with E-state index < -0.39 is 28.3 Å². The average Bonchev–Trinajstić information content (AvgIpc) is 2.67. The molecule has 0 heterocycles. The summed E-state index contributed by atoms with van der Waals surface area (Å²) in [6, 6.07) is 3.72. The van der Waals surface area contributed by atoms with Crippen LogP contribution in [-0.4, -0.2) is 34.3 Å². The van der Waals surface area contributed by atoms with Gasteiger partial charge in [0, 0.05) is 24.6 Å². The number of nitrogens with zero attached hydrogens (tertiary/aromatic N) is 1. The molecule has 5 atom stereocenters. The lowest BCUT2D eigenvalue weighted by Crippen LogP contribution is -2.65. The molecule has 0 spiro atoms. The lowest BCUT2D eigenvalue weighted by atomic mass is 9.47. The molecule has 5 rings (SSSR count). The summed E-state index contributed by atoms with van der Waals surface area (Å²) in [5, 5.41) is 16.7. The van der Waals surface area contributed by atoms with Gasteiger partial charge in [0.1, 0.15) is 0 Å². The minimum absolute atomic E-state index is 0.0770. The molecule has 32 heavy (non-hydrogen) atoms. The minimum atomic E-state index is -1.11. The summed E-state index contributed by atoms with van der Waals surface area (Å²) in [5.74, 6) is -0.444. The predicted octanol–water partition coefficient (Wildman–Crippen LogP) is 3.59. The highest BCUT2D eigenvalue weighted by Gasteiger charge is 2.61. The topological polar surface area (TPSA) is 128 Å². The van der Waals surface area contributed by atoms with Crippen molar-refractivity contribution in [3.05, 3.63) is 33.3 Å². The molecular formula is C22H26ClN3O6. The van der Waals surface area contributed by atoms with Gasteiger partial charge in [-0.05, 0) is 63.4 Å². The number of halogens is 1. The molecule has 0 aliphatic heterocycles. The Bertz CT molecular complexity index is 982. The number of anilines is 1. The maximum Gasteiger partial charge on any atom is 0.312 e. The normalized spacial score (nSPS) is 31.0. The number of amides is 2. The predicted molar refractivity (Wildman–Crippen MR) is 116 cm³/mol. The van der Waals surface area contributed by atoms with Crippen molar-refractivity contribution >= 4 is 40.8 Å². The van der Waals surface area contributed by atoms with Gasteiger partial charge in [-0.3, -0.25) is 24.5 Å². The SMILES string of the molecule is CC(=O)NC12C[C@H]3C[C@@H](C1)CC(C(=O)O[C@H](C)C(=O)Nc1cc([N+](=O)[O-])ccc1Cl)(C3)C2. The van der Waals surface area contributed by atoms with Gasteiger partial charge in [0.25, 0.3) is 11.6 Å². The number of nitrogens with one attached hydrogen (secondary N) is 2. The molecule has 1 aromatic carbocycles. The Morgan fingerprint density at radius 3 is 2.47 bits per heavy atom. The number of nitro groups is 1. The number of hydrogen-bond donors (Lipinski definition) is 2. The summed E-state index contributed by atoms with van der Waals surface area (Å²) in [6.07, 6.45) is 3.62. The van der Waals surface area contributed by atoms with Gasteiger partial charge >= 0.3 is 5.97 Å². The van der Waals surface area contributed by atoms with Crippen LogP contribution in [-0.2, 0) is 19.1 Å². The summed E-state index contributed by atoms with van der Waals surface area (Å²) < 4.78 is 5.60. The Morgan fingerprint density at radius 2 is 1.88 bits per heavy atom. The van der Waals surface area contributed by atoms with Crippen molar-refractivity contribution in [2.75, 3.05) is 5.32 Å². The molecule has 4 fully saturated rings. The molecule has 4 saturated carbocycles. The average molecular weight is 464 g/mol.